The van der Waals surface area contributed by atoms with Gasteiger partial charge in [-0.2, -0.15) is 0 Å². The maximum Gasteiger partial charge on any atom is 0.240 e. The molecule has 0 radical (unpaired) electrons. The molecule has 0 amide bonds. The van der Waals surface area contributed by atoms with Crippen molar-refractivity contribution in [1.29, 1.82) is 0 Å². The molecule has 0 spiro atoms. The largest absolute Gasteiger partial charge is 0.392 e. The Balaban J connectivity index is 2.02. The van der Waals surface area contributed by atoms with Gasteiger partial charge in [0.25, 0.3) is 0 Å². The van der Waals surface area contributed by atoms with Gasteiger partial charge in [-0.15, -0.1) is 0 Å². The highest BCUT2D eigenvalue weighted by Crippen LogP contribution is 2.18. The molecule has 2 N–H and O–H groups in total. The van der Waals surface area contributed by atoms with E-state index in [2.05, 4.69) is 16.5 Å². The molecule has 1 aromatic rings. The molecule has 0 aromatic heterocycles. The van der Waals surface area contributed by atoms with E-state index in [0.29, 0.717) is 18.0 Å². The lowest BCUT2D eigenvalue weighted by molar-refractivity contribution is 0.280. The van der Waals surface area contributed by atoms with Crippen molar-refractivity contribution >= 4 is 10.0 Å². The van der Waals surface area contributed by atoms with Gasteiger partial charge in [0, 0.05) is 13.1 Å². The van der Waals surface area contributed by atoms with Crippen LogP contribution in [0, 0.1) is 12.8 Å². The summed E-state index contributed by atoms with van der Waals surface area (Å²) in [5.74, 6) is 0.377. The Morgan fingerprint density at radius 1 is 1.43 bits per heavy atom. The Bertz CT molecular complexity index is 587. The number of aryl methyl sites for hydroxylation is 1. The highest BCUT2D eigenvalue weighted by atomic mass is 32.2. The number of rotatable bonds is 6. The lowest BCUT2D eigenvalue weighted by atomic mass is 10.1. The molecule has 1 saturated heterocycles. The molecular weight excluding hydrogens is 288 g/mol. The zero-order chi connectivity index (χ0) is 15.5. The molecule has 2 rings (SSSR count). The van der Waals surface area contributed by atoms with Crippen molar-refractivity contribution in [1.82, 2.24) is 9.62 Å². The van der Waals surface area contributed by atoms with Gasteiger partial charge < -0.3 is 10.0 Å². The smallest absolute Gasteiger partial charge is 0.240 e. The van der Waals surface area contributed by atoms with Crippen molar-refractivity contribution in [2.45, 2.75) is 31.8 Å². The number of aliphatic hydroxyl groups is 1. The van der Waals surface area contributed by atoms with Crippen LogP contribution in [-0.4, -0.2) is 44.6 Å². The van der Waals surface area contributed by atoms with Gasteiger partial charge in [0.2, 0.25) is 10.0 Å². The van der Waals surface area contributed by atoms with E-state index in [9.17, 15) is 13.5 Å². The second-order valence-electron chi connectivity index (χ2n) is 5.65. The Morgan fingerprint density at radius 3 is 2.81 bits per heavy atom. The van der Waals surface area contributed by atoms with Crippen molar-refractivity contribution in [3.05, 3.63) is 29.3 Å². The van der Waals surface area contributed by atoms with Crippen LogP contribution in [0.3, 0.4) is 0 Å². The minimum atomic E-state index is -3.50. The number of aliphatic hydroxyl groups excluding tert-OH is 1. The molecule has 1 unspecified atom stereocenters. The SMILES string of the molecule is CCN1CCC(CNS(=O)(=O)c2ccc(C)c(CO)c2)C1. The Hall–Kier alpha value is -0.950. The first-order valence-electron chi connectivity index (χ1n) is 7.38. The molecule has 1 heterocycles. The van der Waals surface area contributed by atoms with Crippen LogP contribution in [-0.2, 0) is 16.6 Å². The first kappa shape index (κ1) is 16.4. The predicted octanol–water partition coefficient (Wildman–Crippen LogP) is 1.11. The summed E-state index contributed by atoms with van der Waals surface area (Å²) in [5.41, 5.74) is 1.54. The predicted molar refractivity (Wildman–Crippen MR) is 82.5 cm³/mol. The number of likely N-dealkylation sites (tertiary alicyclic amines) is 1. The normalized spacial score (nSPS) is 20.0. The van der Waals surface area contributed by atoms with Crippen molar-refractivity contribution < 1.29 is 13.5 Å². The summed E-state index contributed by atoms with van der Waals surface area (Å²) < 4.78 is 27.3. The highest BCUT2D eigenvalue weighted by molar-refractivity contribution is 7.89. The summed E-state index contributed by atoms with van der Waals surface area (Å²) in [6.45, 7) is 7.31. The molecule has 5 nitrogen and oxygen atoms in total. The number of hydrogen-bond donors (Lipinski definition) is 2. The number of hydrogen-bond acceptors (Lipinski definition) is 4. The van der Waals surface area contributed by atoms with Crippen LogP contribution in [0.2, 0.25) is 0 Å². The number of benzene rings is 1. The topological polar surface area (TPSA) is 69.6 Å². The molecule has 1 fully saturated rings. The van der Waals surface area contributed by atoms with Crippen molar-refractivity contribution in [3.63, 3.8) is 0 Å². The van der Waals surface area contributed by atoms with E-state index in [0.717, 1.165) is 31.6 Å². The average molecular weight is 312 g/mol. The van der Waals surface area contributed by atoms with Gasteiger partial charge in [0.15, 0.2) is 0 Å². The summed E-state index contributed by atoms with van der Waals surface area (Å²) in [6.07, 6.45) is 1.03. The fourth-order valence-electron chi connectivity index (χ4n) is 2.66. The van der Waals surface area contributed by atoms with Crippen LogP contribution >= 0.6 is 0 Å². The third kappa shape index (κ3) is 4.03. The Kier molecular flexibility index (Phi) is 5.37. The maximum atomic E-state index is 12.3. The molecule has 0 bridgehead atoms. The van der Waals surface area contributed by atoms with Gasteiger partial charge in [0.05, 0.1) is 11.5 Å². The molecule has 0 saturated carbocycles. The first-order chi connectivity index (χ1) is 9.96. The van der Waals surface area contributed by atoms with Gasteiger partial charge in [-0.1, -0.05) is 13.0 Å². The molecular formula is C15H24N2O3S. The van der Waals surface area contributed by atoms with Crippen LogP contribution < -0.4 is 4.72 Å². The monoisotopic (exact) mass is 312 g/mol. The van der Waals surface area contributed by atoms with Gasteiger partial charge in [-0.05, 0) is 55.6 Å². The van der Waals surface area contributed by atoms with Gasteiger partial charge in [-0.25, -0.2) is 13.1 Å². The lowest BCUT2D eigenvalue weighted by Crippen LogP contribution is -2.31. The fraction of sp³-hybridized carbons (Fsp3) is 0.600. The summed E-state index contributed by atoms with van der Waals surface area (Å²) in [4.78, 5) is 2.55. The van der Waals surface area contributed by atoms with E-state index in [-0.39, 0.29) is 11.5 Å². The molecule has 1 atom stereocenters. The molecule has 1 aromatic carbocycles. The number of nitrogens with one attached hydrogen (secondary N) is 1. The highest BCUT2D eigenvalue weighted by Gasteiger charge is 2.23. The van der Waals surface area contributed by atoms with E-state index in [1.807, 2.05) is 6.92 Å². The lowest BCUT2D eigenvalue weighted by Gasteiger charge is -2.14. The molecule has 6 heteroatoms. The minimum Gasteiger partial charge on any atom is -0.392 e. The Labute approximate surface area is 127 Å². The fourth-order valence-corrected chi connectivity index (χ4v) is 3.83. The van der Waals surface area contributed by atoms with Crippen LogP contribution in [0.5, 0.6) is 0 Å². The summed E-state index contributed by atoms with van der Waals surface area (Å²) >= 11 is 0. The van der Waals surface area contributed by atoms with E-state index in [1.165, 1.54) is 0 Å². The third-order valence-corrected chi connectivity index (χ3v) is 5.60. The van der Waals surface area contributed by atoms with Crippen LogP contribution in [0.25, 0.3) is 0 Å². The van der Waals surface area contributed by atoms with Gasteiger partial charge >= 0.3 is 0 Å². The second kappa shape index (κ2) is 6.87. The van der Waals surface area contributed by atoms with Crippen molar-refractivity contribution in [2.24, 2.45) is 5.92 Å². The van der Waals surface area contributed by atoms with E-state index in [4.69, 9.17) is 0 Å². The van der Waals surface area contributed by atoms with Gasteiger partial charge in [0.1, 0.15) is 0 Å². The van der Waals surface area contributed by atoms with Crippen molar-refractivity contribution in [3.8, 4) is 0 Å². The molecule has 0 aliphatic carbocycles. The third-order valence-electron chi connectivity index (χ3n) is 4.18. The van der Waals surface area contributed by atoms with E-state index < -0.39 is 10.0 Å². The minimum absolute atomic E-state index is 0.150. The number of sulfonamides is 1. The Morgan fingerprint density at radius 2 is 2.19 bits per heavy atom. The van der Waals surface area contributed by atoms with Gasteiger partial charge in [-0.3, -0.25) is 0 Å². The average Bonchev–Trinajstić information content (AvgIpc) is 2.93. The zero-order valence-electron chi connectivity index (χ0n) is 12.7. The molecule has 21 heavy (non-hydrogen) atoms. The summed E-state index contributed by atoms with van der Waals surface area (Å²) in [6, 6.07) is 4.86. The van der Waals surface area contributed by atoms with Crippen LogP contribution in [0.4, 0.5) is 0 Å². The summed E-state index contributed by atoms with van der Waals surface area (Å²) in [7, 11) is -3.50. The maximum absolute atomic E-state index is 12.3. The van der Waals surface area contributed by atoms with E-state index >= 15 is 0 Å². The number of nitrogens with zero attached hydrogens (tertiary/aromatic N) is 1. The quantitative estimate of drug-likeness (QED) is 0.825. The van der Waals surface area contributed by atoms with Crippen LogP contribution in [0.1, 0.15) is 24.5 Å². The van der Waals surface area contributed by atoms with Crippen LogP contribution in [0.15, 0.2) is 23.1 Å². The van der Waals surface area contributed by atoms with Crippen molar-refractivity contribution in [2.75, 3.05) is 26.2 Å². The molecule has 118 valence electrons. The van der Waals surface area contributed by atoms with E-state index in [1.54, 1.807) is 18.2 Å². The standard InChI is InChI=1S/C15H24N2O3S/c1-3-17-7-6-13(10-17)9-16-21(19,20)15-5-4-12(2)14(8-15)11-18/h4-5,8,13,16,18H,3,6-7,9-11H2,1-2H3. The summed E-state index contributed by atoms with van der Waals surface area (Å²) in [5, 5.41) is 9.25. The first-order valence-corrected chi connectivity index (χ1v) is 8.87. The molecule has 1 aliphatic rings. The zero-order valence-corrected chi connectivity index (χ0v) is 13.5. The second-order valence-corrected chi connectivity index (χ2v) is 7.41. The molecule has 1 aliphatic heterocycles.